The molecule has 76 valence electrons. The maximum atomic E-state index is 11.4. The van der Waals surface area contributed by atoms with Crippen molar-refractivity contribution in [1.29, 1.82) is 0 Å². The molecule has 3 nitrogen and oxygen atoms in total. The summed E-state index contributed by atoms with van der Waals surface area (Å²) in [4.78, 5) is 15.4. The molecule has 1 atom stereocenters. The summed E-state index contributed by atoms with van der Waals surface area (Å²) in [6, 6.07) is 3.42. The van der Waals surface area contributed by atoms with Crippen molar-refractivity contribution in [3.8, 4) is 0 Å². The van der Waals surface area contributed by atoms with E-state index in [-0.39, 0.29) is 11.3 Å². The second kappa shape index (κ2) is 5.32. The minimum atomic E-state index is -0.204. The Bertz CT molecular complexity index is 313. The predicted molar refractivity (Wildman–Crippen MR) is 59.6 cm³/mol. The van der Waals surface area contributed by atoms with E-state index in [2.05, 4.69) is 26.2 Å². The van der Waals surface area contributed by atoms with Gasteiger partial charge in [0, 0.05) is 22.6 Å². The molecule has 0 bridgehead atoms. The van der Waals surface area contributed by atoms with Crippen LogP contribution in [-0.4, -0.2) is 22.8 Å². The largest absolute Gasteiger partial charge is 0.349 e. The molecular formula is C9H10BrClN2O. The minimum absolute atomic E-state index is 0.0746. The second-order valence-corrected chi connectivity index (χ2v) is 4.51. The van der Waals surface area contributed by atoms with Gasteiger partial charge in [-0.05, 0) is 35.0 Å². The van der Waals surface area contributed by atoms with E-state index in [1.807, 2.05) is 6.92 Å². The quantitative estimate of drug-likeness (QED) is 0.861. The summed E-state index contributed by atoms with van der Waals surface area (Å²) in [7, 11) is 0. The van der Waals surface area contributed by atoms with Crippen molar-refractivity contribution >= 4 is 33.4 Å². The maximum Gasteiger partial charge on any atom is 0.269 e. The van der Waals surface area contributed by atoms with Crippen LogP contribution in [0, 0.1) is 0 Å². The first kappa shape index (κ1) is 11.5. The molecule has 1 aromatic heterocycles. The van der Waals surface area contributed by atoms with E-state index in [4.69, 9.17) is 11.6 Å². The molecule has 0 saturated carbocycles. The van der Waals surface area contributed by atoms with Crippen LogP contribution in [-0.2, 0) is 0 Å². The first-order valence-corrected chi connectivity index (χ1v) is 5.36. The van der Waals surface area contributed by atoms with Gasteiger partial charge in [0.25, 0.3) is 5.91 Å². The number of halogens is 2. The fourth-order valence-corrected chi connectivity index (χ4v) is 1.15. The number of alkyl halides is 1. The van der Waals surface area contributed by atoms with Gasteiger partial charge in [-0.1, -0.05) is 0 Å². The van der Waals surface area contributed by atoms with Gasteiger partial charge in [0.1, 0.15) is 5.69 Å². The Morgan fingerprint density at radius 3 is 2.93 bits per heavy atom. The van der Waals surface area contributed by atoms with E-state index in [9.17, 15) is 4.79 Å². The first-order chi connectivity index (χ1) is 6.59. The Morgan fingerprint density at radius 1 is 1.71 bits per heavy atom. The third-order valence-electron chi connectivity index (χ3n) is 1.50. The van der Waals surface area contributed by atoms with Crippen LogP contribution in [0.3, 0.4) is 0 Å². The van der Waals surface area contributed by atoms with Crippen molar-refractivity contribution in [2.24, 2.45) is 0 Å². The zero-order valence-electron chi connectivity index (χ0n) is 7.63. The van der Waals surface area contributed by atoms with E-state index in [1.165, 1.54) is 0 Å². The molecule has 0 radical (unpaired) electrons. The highest BCUT2D eigenvalue weighted by Crippen LogP contribution is 2.07. The maximum absolute atomic E-state index is 11.4. The molecule has 0 saturated heterocycles. The van der Waals surface area contributed by atoms with E-state index in [0.717, 1.165) is 4.47 Å². The van der Waals surface area contributed by atoms with Crippen LogP contribution < -0.4 is 5.32 Å². The second-order valence-electron chi connectivity index (χ2n) is 2.85. The molecular weight excluding hydrogens is 267 g/mol. The summed E-state index contributed by atoms with van der Waals surface area (Å²) in [5.41, 5.74) is 0.394. The summed E-state index contributed by atoms with van der Waals surface area (Å²) in [6.07, 6.45) is 1.58. The Labute approximate surface area is 96.0 Å². The monoisotopic (exact) mass is 276 g/mol. The van der Waals surface area contributed by atoms with Gasteiger partial charge in [0.05, 0.1) is 0 Å². The molecule has 1 rings (SSSR count). The van der Waals surface area contributed by atoms with Gasteiger partial charge in [-0.25, -0.2) is 4.98 Å². The van der Waals surface area contributed by atoms with E-state index >= 15 is 0 Å². The average Bonchev–Trinajstić information content (AvgIpc) is 2.15. The van der Waals surface area contributed by atoms with Crippen LogP contribution in [0.1, 0.15) is 17.4 Å². The standard InChI is InChI=1S/C9H10BrClN2O/c1-6(11)4-13-9(14)8-3-2-7(10)5-12-8/h2-3,5-6H,4H2,1H3,(H,13,14). The normalized spacial score (nSPS) is 12.2. The topological polar surface area (TPSA) is 42.0 Å². The number of rotatable bonds is 3. The van der Waals surface area contributed by atoms with Crippen LogP contribution in [0.4, 0.5) is 0 Å². The lowest BCUT2D eigenvalue weighted by Gasteiger charge is -2.05. The number of nitrogens with zero attached hydrogens (tertiary/aromatic N) is 1. The average molecular weight is 278 g/mol. The van der Waals surface area contributed by atoms with Gasteiger partial charge in [0.15, 0.2) is 0 Å². The molecule has 1 heterocycles. The molecule has 0 fully saturated rings. The van der Waals surface area contributed by atoms with E-state index in [0.29, 0.717) is 12.2 Å². The molecule has 0 aromatic carbocycles. The number of aromatic nitrogens is 1. The van der Waals surface area contributed by atoms with E-state index < -0.39 is 0 Å². The zero-order chi connectivity index (χ0) is 10.6. The Hall–Kier alpha value is -0.610. The van der Waals surface area contributed by atoms with Gasteiger partial charge in [-0.2, -0.15) is 0 Å². The molecule has 0 spiro atoms. The molecule has 0 aliphatic rings. The lowest BCUT2D eigenvalue weighted by atomic mass is 10.3. The fraction of sp³-hybridized carbons (Fsp3) is 0.333. The fourth-order valence-electron chi connectivity index (χ4n) is 0.834. The van der Waals surface area contributed by atoms with Gasteiger partial charge in [0.2, 0.25) is 0 Å². The van der Waals surface area contributed by atoms with Crippen molar-refractivity contribution in [3.63, 3.8) is 0 Å². The van der Waals surface area contributed by atoms with E-state index in [1.54, 1.807) is 18.3 Å². The number of nitrogens with one attached hydrogen (secondary N) is 1. The highest BCUT2D eigenvalue weighted by atomic mass is 79.9. The van der Waals surface area contributed by atoms with Gasteiger partial charge in [-0.15, -0.1) is 11.6 Å². The number of carbonyl (C=O) groups is 1. The van der Waals surface area contributed by atoms with Gasteiger partial charge in [-0.3, -0.25) is 4.79 Å². The minimum Gasteiger partial charge on any atom is -0.349 e. The molecule has 0 aliphatic carbocycles. The number of hydrogen-bond donors (Lipinski definition) is 1. The predicted octanol–water partition coefficient (Wildman–Crippen LogP) is 2.20. The number of hydrogen-bond acceptors (Lipinski definition) is 2. The Morgan fingerprint density at radius 2 is 2.43 bits per heavy atom. The number of amides is 1. The smallest absolute Gasteiger partial charge is 0.269 e. The zero-order valence-corrected chi connectivity index (χ0v) is 9.97. The van der Waals surface area contributed by atoms with Crippen molar-refractivity contribution in [3.05, 3.63) is 28.5 Å². The Kier molecular flexibility index (Phi) is 4.35. The lowest BCUT2D eigenvalue weighted by Crippen LogP contribution is -2.29. The summed E-state index contributed by atoms with van der Waals surface area (Å²) in [6.45, 7) is 2.26. The third kappa shape index (κ3) is 3.64. The van der Waals surface area contributed by atoms with Gasteiger partial charge < -0.3 is 5.32 Å². The van der Waals surface area contributed by atoms with Crippen molar-refractivity contribution in [1.82, 2.24) is 10.3 Å². The highest BCUT2D eigenvalue weighted by Gasteiger charge is 2.06. The highest BCUT2D eigenvalue weighted by molar-refractivity contribution is 9.10. The van der Waals surface area contributed by atoms with Crippen molar-refractivity contribution in [2.75, 3.05) is 6.54 Å². The van der Waals surface area contributed by atoms with Crippen LogP contribution in [0.2, 0.25) is 0 Å². The van der Waals surface area contributed by atoms with Crippen molar-refractivity contribution in [2.45, 2.75) is 12.3 Å². The lowest BCUT2D eigenvalue weighted by molar-refractivity contribution is 0.0949. The molecule has 1 amide bonds. The van der Waals surface area contributed by atoms with Crippen LogP contribution in [0.25, 0.3) is 0 Å². The molecule has 14 heavy (non-hydrogen) atoms. The first-order valence-electron chi connectivity index (χ1n) is 4.13. The summed E-state index contributed by atoms with van der Waals surface area (Å²) in [5.74, 6) is -0.204. The number of pyridine rings is 1. The molecule has 5 heteroatoms. The Balaban J connectivity index is 2.57. The SMILES string of the molecule is CC(Cl)CNC(=O)c1ccc(Br)cn1. The summed E-state index contributed by atoms with van der Waals surface area (Å²) >= 11 is 8.93. The van der Waals surface area contributed by atoms with Crippen LogP contribution in [0.5, 0.6) is 0 Å². The van der Waals surface area contributed by atoms with Crippen LogP contribution >= 0.6 is 27.5 Å². The third-order valence-corrected chi connectivity index (χ3v) is 2.13. The van der Waals surface area contributed by atoms with Crippen LogP contribution in [0.15, 0.2) is 22.8 Å². The molecule has 1 N–H and O–H groups in total. The summed E-state index contributed by atoms with van der Waals surface area (Å²) < 4.78 is 0.847. The summed E-state index contributed by atoms with van der Waals surface area (Å²) in [5, 5.41) is 2.59. The van der Waals surface area contributed by atoms with Crippen molar-refractivity contribution < 1.29 is 4.79 Å². The molecule has 0 aliphatic heterocycles. The number of carbonyl (C=O) groups excluding carboxylic acids is 1. The molecule has 1 aromatic rings. The van der Waals surface area contributed by atoms with Gasteiger partial charge >= 0.3 is 0 Å². The molecule has 1 unspecified atom stereocenters.